The van der Waals surface area contributed by atoms with Crippen molar-refractivity contribution in [2.45, 2.75) is 6.54 Å². The van der Waals surface area contributed by atoms with Gasteiger partial charge in [0.1, 0.15) is 0 Å². The molecule has 3 aromatic rings. The van der Waals surface area contributed by atoms with Gasteiger partial charge in [0.25, 0.3) is 11.6 Å². The zero-order chi connectivity index (χ0) is 20.4. The first-order valence-corrected chi connectivity index (χ1v) is 10.7. The fraction of sp³-hybridized carbons (Fsp3) is 0.263. The van der Waals surface area contributed by atoms with Crippen LogP contribution in [-0.2, 0) is 6.54 Å². The summed E-state index contributed by atoms with van der Waals surface area (Å²) in [6.45, 7) is 3.91. The number of hydrogen-bond acceptors (Lipinski definition) is 6. The highest BCUT2D eigenvalue weighted by Gasteiger charge is 2.23. The minimum absolute atomic E-state index is 0.0185. The number of halogens is 1. The molecule has 29 heavy (non-hydrogen) atoms. The maximum atomic E-state index is 12.8. The maximum absolute atomic E-state index is 12.8. The highest BCUT2D eigenvalue weighted by atomic mass is 79.9. The van der Waals surface area contributed by atoms with E-state index >= 15 is 0 Å². The lowest BCUT2D eigenvalue weighted by Crippen LogP contribution is -2.48. The Hall–Kier alpha value is -2.56. The van der Waals surface area contributed by atoms with E-state index in [-0.39, 0.29) is 11.6 Å². The third kappa shape index (κ3) is 4.55. The van der Waals surface area contributed by atoms with Crippen LogP contribution in [0.3, 0.4) is 0 Å². The molecule has 1 aromatic carbocycles. The van der Waals surface area contributed by atoms with Crippen LogP contribution in [0.25, 0.3) is 5.69 Å². The second-order valence-electron chi connectivity index (χ2n) is 6.72. The molecule has 150 valence electrons. The van der Waals surface area contributed by atoms with Crippen LogP contribution in [0, 0.1) is 10.1 Å². The molecule has 1 fully saturated rings. The molecule has 0 aliphatic carbocycles. The number of rotatable bonds is 5. The van der Waals surface area contributed by atoms with Gasteiger partial charge in [0.15, 0.2) is 0 Å². The lowest BCUT2D eigenvalue weighted by Gasteiger charge is -2.34. The first-order valence-electron chi connectivity index (χ1n) is 9.05. The third-order valence-corrected chi connectivity index (χ3v) is 6.43. The predicted molar refractivity (Wildman–Crippen MR) is 113 cm³/mol. The van der Waals surface area contributed by atoms with Crippen molar-refractivity contribution in [1.82, 2.24) is 19.6 Å². The summed E-state index contributed by atoms with van der Waals surface area (Å²) in [6.07, 6.45) is 3.21. The molecule has 1 saturated heterocycles. The number of hydrogen-bond donors (Lipinski definition) is 0. The molecule has 1 aliphatic heterocycles. The number of nitro benzene ring substituents is 1. The van der Waals surface area contributed by atoms with Crippen LogP contribution in [0.2, 0.25) is 0 Å². The van der Waals surface area contributed by atoms with Gasteiger partial charge in [-0.25, -0.2) is 4.68 Å². The summed E-state index contributed by atoms with van der Waals surface area (Å²) in [5.74, 6) is -0.0447. The van der Waals surface area contributed by atoms with Gasteiger partial charge in [-0.1, -0.05) is 0 Å². The van der Waals surface area contributed by atoms with Gasteiger partial charge in [0.2, 0.25) is 0 Å². The van der Waals surface area contributed by atoms with Crippen molar-refractivity contribution in [2.24, 2.45) is 0 Å². The second kappa shape index (κ2) is 8.44. The Morgan fingerprint density at radius 2 is 1.86 bits per heavy atom. The van der Waals surface area contributed by atoms with E-state index in [0.29, 0.717) is 24.3 Å². The van der Waals surface area contributed by atoms with Gasteiger partial charge >= 0.3 is 0 Å². The number of amides is 1. The molecular formula is C19H18BrN5O3S. The molecule has 0 bridgehead atoms. The summed E-state index contributed by atoms with van der Waals surface area (Å²) < 4.78 is 2.69. The van der Waals surface area contributed by atoms with Crippen molar-refractivity contribution in [3.8, 4) is 5.69 Å². The zero-order valence-electron chi connectivity index (χ0n) is 15.4. The minimum Gasteiger partial charge on any atom is -0.336 e. The van der Waals surface area contributed by atoms with Crippen molar-refractivity contribution < 1.29 is 9.72 Å². The largest absolute Gasteiger partial charge is 0.336 e. The molecule has 0 N–H and O–H groups in total. The second-order valence-corrected chi connectivity index (χ2v) is 9.27. The molecule has 3 heterocycles. The summed E-state index contributed by atoms with van der Waals surface area (Å²) in [7, 11) is 0. The van der Waals surface area contributed by atoms with E-state index in [4.69, 9.17) is 0 Å². The van der Waals surface area contributed by atoms with E-state index in [1.807, 2.05) is 4.90 Å². The Kier molecular flexibility index (Phi) is 5.74. The Bertz CT molecular complexity index is 1020. The monoisotopic (exact) mass is 475 g/mol. The molecular weight excluding hydrogens is 458 g/mol. The van der Waals surface area contributed by atoms with Crippen LogP contribution in [0.5, 0.6) is 0 Å². The summed E-state index contributed by atoms with van der Waals surface area (Å²) in [5, 5.41) is 15.0. The van der Waals surface area contributed by atoms with Gasteiger partial charge in [-0.15, -0.1) is 11.3 Å². The Morgan fingerprint density at radius 3 is 2.48 bits per heavy atom. The lowest BCUT2D eigenvalue weighted by molar-refractivity contribution is -0.384. The number of thiophene rings is 1. The van der Waals surface area contributed by atoms with Crippen LogP contribution in [0.1, 0.15) is 15.2 Å². The fourth-order valence-electron chi connectivity index (χ4n) is 3.25. The molecule has 0 radical (unpaired) electrons. The van der Waals surface area contributed by atoms with Crippen LogP contribution in [-0.4, -0.2) is 56.6 Å². The molecule has 1 aliphatic rings. The van der Waals surface area contributed by atoms with Crippen molar-refractivity contribution in [2.75, 3.05) is 26.2 Å². The molecule has 0 spiro atoms. The van der Waals surface area contributed by atoms with Crippen LogP contribution in [0.4, 0.5) is 5.69 Å². The molecule has 1 amide bonds. The minimum atomic E-state index is -0.446. The number of piperazine rings is 1. The Labute approximate surface area is 179 Å². The standard InChI is InChI=1S/C19H18BrN5O3S/c20-18-6-5-17(29-18)13-22-7-9-23(10-8-22)19(26)14-11-21-24(12-14)15-1-3-16(4-2-15)25(27)28/h1-6,11-12H,7-10,13H2. The quantitative estimate of drug-likeness (QED) is 0.415. The highest BCUT2D eigenvalue weighted by Crippen LogP contribution is 2.24. The van der Waals surface area contributed by atoms with Crippen LogP contribution < -0.4 is 0 Å². The van der Waals surface area contributed by atoms with Crippen molar-refractivity contribution in [3.05, 3.63) is 73.1 Å². The molecule has 8 nitrogen and oxygen atoms in total. The van der Waals surface area contributed by atoms with E-state index in [1.165, 1.54) is 17.0 Å². The molecule has 10 heteroatoms. The number of benzene rings is 1. The summed E-state index contributed by atoms with van der Waals surface area (Å²) in [6, 6.07) is 10.2. The summed E-state index contributed by atoms with van der Waals surface area (Å²) >= 11 is 5.22. The lowest BCUT2D eigenvalue weighted by atomic mass is 10.2. The van der Waals surface area contributed by atoms with E-state index < -0.39 is 4.92 Å². The smallest absolute Gasteiger partial charge is 0.269 e. The Balaban J connectivity index is 1.36. The average Bonchev–Trinajstić information content (AvgIpc) is 3.37. The van der Waals surface area contributed by atoms with Gasteiger partial charge in [0.05, 0.1) is 26.2 Å². The van der Waals surface area contributed by atoms with E-state index in [0.717, 1.165) is 23.4 Å². The Morgan fingerprint density at radius 1 is 1.14 bits per heavy atom. The summed E-state index contributed by atoms with van der Waals surface area (Å²) in [5.41, 5.74) is 1.20. The van der Waals surface area contributed by atoms with E-state index in [2.05, 4.69) is 38.1 Å². The maximum Gasteiger partial charge on any atom is 0.269 e. The summed E-state index contributed by atoms with van der Waals surface area (Å²) in [4.78, 5) is 28.6. The fourth-order valence-corrected chi connectivity index (χ4v) is 4.78. The third-order valence-electron chi connectivity index (χ3n) is 4.82. The number of nitrogens with zero attached hydrogens (tertiary/aromatic N) is 5. The van der Waals surface area contributed by atoms with Crippen LogP contribution >= 0.6 is 27.3 Å². The SMILES string of the molecule is O=C(c1cnn(-c2ccc([N+](=O)[O-])cc2)c1)N1CCN(Cc2ccc(Br)s2)CC1. The van der Waals surface area contributed by atoms with Gasteiger partial charge in [0, 0.05) is 55.9 Å². The van der Waals surface area contributed by atoms with Gasteiger partial charge in [-0.2, -0.15) is 5.10 Å². The first-order chi connectivity index (χ1) is 14.0. The van der Waals surface area contributed by atoms with Crippen molar-refractivity contribution >= 4 is 38.9 Å². The molecule has 0 atom stereocenters. The number of carbonyl (C=O) groups is 1. The average molecular weight is 476 g/mol. The first kappa shape index (κ1) is 19.7. The topological polar surface area (TPSA) is 84.5 Å². The van der Waals surface area contributed by atoms with Crippen molar-refractivity contribution in [3.63, 3.8) is 0 Å². The molecule has 0 unspecified atom stereocenters. The zero-order valence-corrected chi connectivity index (χ0v) is 17.8. The normalized spacial score (nSPS) is 14.9. The molecule has 4 rings (SSSR count). The van der Waals surface area contributed by atoms with E-state index in [1.54, 1.807) is 40.5 Å². The van der Waals surface area contributed by atoms with Crippen LogP contribution in [0.15, 0.2) is 52.6 Å². The number of aromatic nitrogens is 2. The van der Waals surface area contributed by atoms with Gasteiger partial charge in [-0.05, 0) is 40.2 Å². The molecule has 2 aromatic heterocycles. The van der Waals surface area contributed by atoms with Gasteiger partial charge < -0.3 is 4.90 Å². The van der Waals surface area contributed by atoms with Crippen molar-refractivity contribution in [1.29, 1.82) is 0 Å². The number of carbonyl (C=O) groups excluding carboxylic acids is 1. The molecule has 0 saturated carbocycles. The number of nitro groups is 1. The highest BCUT2D eigenvalue weighted by molar-refractivity contribution is 9.11. The number of non-ortho nitro benzene ring substituents is 1. The predicted octanol–water partition coefficient (Wildman–Crippen LogP) is 3.56. The van der Waals surface area contributed by atoms with Gasteiger partial charge in [-0.3, -0.25) is 19.8 Å². The van der Waals surface area contributed by atoms with E-state index in [9.17, 15) is 14.9 Å².